The predicted octanol–water partition coefficient (Wildman–Crippen LogP) is 2.78. The zero-order valence-corrected chi connectivity index (χ0v) is 14.9. The Morgan fingerprint density at radius 1 is 1.25 bits per heavy atom. The minimum absolute atomic E-state index is 0.0278. The molecular weight excluding hydrogens is 306 g/mol. The molecule has 2 rings (SSSR count). The van der Waals surface area contributed by atoms with Crippen LogP contribution in [0, 0.1) is 13.8 Å². The predicted molar refractivity (Wildman–Crippen MR) is 92.4 cm³/mol. The lowest BCUT2D eigenvalue weighted by Gasteiger charge is -2.18. The Kier molecular flexibility index (Phi) is 5.84. The largest absolute Gasteiger partial charge is 0.497 e. The quantitative estimate of drug-likeness (QED) is 0.847. The summed E-state index contributed by atoms with van der Waals surface area (Å²) in [4.78, 5) is 12.2. The van der Waals surface area contributed by atoms with Gasteiger partial charge in [0.25, 0.3) is 0 Å². The summed E-state index contributed by atoms with van der Waals surface area (Å²) in [6.07, 6.45) is 0.374. The summed E-state index contributed by atoms with van der Waals surface area (Å²) in [7, 11) is 3.23. The van der Waals surface area contributed by atoms with Crippen molar-refractivity contribution in [1.29, 1.82) is 0 Å². The number of nitrogens with one attached hydrogen (secondary N) is 1. The molecule has 6 nitrogen and oxygen atoms in total. The molecule has 0 aliphatic heterocycles. The van der Waals surface area contributed by atoms with Gasteiger partial charge in [-0.3, -0.25) is 9.48 Å². The van der Waals surface area contributed by atoms with Crippen LogP contribution in [0.1, 0.15) is 36.3 Å². The molecule has 0 saturated heterocycles. The lowest BCUT2D eigenvalue weighted by atomic mass is 10.1. The number of rotatable bonds is 7. The molecule has 6 heteroatoms. The zero-order chi connectivity index (χ0) is 17.7. The lowest BCUT2D eigenvalue weighted by molar-refractivity contribution is -0.122. The first-order chi connectivity index (χ1) is 11.4. The van der Waals surface area contributed by atoms with Gasteiger partial charge in [0.2, 0.25) is 5.91 Å². The molecule has 0 fully saturated rings. The molecular formula is C18H25N3O3. The average molecular weight is 331 g/mol. The van der Waals surface area contributed by atoms with E-state index >= 15 is 0 Å². The van der Waals surface area contributed by atoms with E-state index < -0.39 is 0 Å². The number of aryl methyl sites for hydroxylation is 3. The van der Waals surface area contributed by atoms with Crippen LogP contribution in [0.5, 0.6) is 11.5 Å². The highest BCUT2D eigenvalue weighted by atomic mass is 16.5. The molecule has 1 N–H and O–H groups in total. The minimum Gasteiger partial charge on any atom is -0.497 e. The highest BCUT2D eigenvalue weighted by Gasteiger charge is 2.15. The first-order valence-electron chi connectivity index (χ1n) is 7.97. The Labute approximate surface area is 142 Å². The fourth-order valence-corrected chi connectivity index (χ4v) is 2.68. The van der Waals surface area contributed by atoms with E-state index in [0.717, 1.165) is 28.5 Å². The number of nitrogens with zero attached hydrogens (tertiary/aromatic N) is 2. The Bertz CT molecular complexity index is 710. The summed E-state index contributed by atoms with van der Waals surface area (Å²) in [6.45, 7) is 6.42. The third kappa shape index (κ3) is 4.28. The van der Waals surface area contributed by atoms with Crippen molar-refractivity contribution in [2.24, 2.45) is 0 Å². The van der Waals surface area contributed by atoms with Crippen LogP contribution in [0.2, 0.25) is 0 Å². The number of benzene rings is 1. The van der Waals surface area contributed by atoms with E-state index in [1.165, 1.54) is 0 Å². The van der Waals surface area contributed by atoms with Crippen molar-refractivity contribution in [2.45, 2.75) is 39.8 Å². The summed E-state index contributed by atoms with van der Waals surface area (Å²) in [5.74, 6) is 1.43. The Morgan fingerprint density at radius 3 is 2.58 bits per heavy atom. The second kappa shape index (κ2) is 7.86. The summed E-state index contributed by atoms with van der Waals surface area (Å²) >= 11 is 0. The van der Waals surface area contributed by atoms with Gasteiger partial charge in [-0.25, -0.2) is 0 Å². The smallest absolute Gasteiger partial charge is 0.222 e. The van der Waals surface area contributed by atoms with Crippen molar-refractivity contribution in [3.63, 3.8) is 0 Å². The number of hydrogen-bond acceptors (Lipinski definition) is 4. The van der Waals surface area contributed by atoms with Gasteiger partial charge in [0.15, 0.2) is 0 Å². The fraction of sp³-hybridized carbons (Fsp3) is 0.444. The molecule has 1 aromatic carbocycles. The van der Waals surface area contributed by atoms with E-state index in [-0.39, 0.29) is 11.9 Å². The van der Waals surface area contributed by atoms with Crippen molar-refractivity contribution in [3.8, 4) is 11.5 Å². The van der Waals surface area contributed by atoms with Gasteiger partial charge in [-0.1, -0.05) is 0 Å². The normalized spacial score (nSPS) is 11.9. The van der Waals surface area contributed by atoms with E-state index in [0.29, 0.717) is 13.0 Å². The SMILES string of the molecule is COc1ccc(OC)c([C@@H](C)NC(=O)CCn2nc(C)cc2C)c1. The maximum atomic E-state index is 12.2. The van der Waals surface area contributed by atoms with Gasteiger partial charge in [-0.05, 0) is 45.0 Å². The molecule has 1 amide bonds. The second-order valence-electron chi connectivity index (χ2n) is 5.80. The summed E-state index contributed by atoms with van der Waals surface area (Å²) in [5.41, 5.74) is 2.90. The molecule has 0 spiro atoms. The van der Waals surface area contributed by atoms with Crippen molar-refractivity contribution >= 4 is 5.91 Å². The molecule has 1 atom stereocenters. The third-order valence-corrected chi connectivity index (χ3v) is 3.93. The van der Waals surface area contributed by atoms with Gasteiger partial charge in [-0.2, -0.15) is 5.10 Å². The van der Waals surface area contributed by atoms with Gasteiger partial charge in [0.1, 0.15) is 11.5 Å². The number of carbonyl (C=O) groups excluding carboxylic acids is 1. The van der Waals surface area contributed by atoms with E-state index in [1.54, 1.807) is 14.2 Å². The molecule has 1 aromatic heterocycles. The molecule has 24 heavy (non-hydrogen) atoms. The van der Waals surface area contributed by atoms with Gasteiger partial charge >= 0.3 is 0 Å². The summed E-state index contributed by atoms with van der Waals surface area (Å²) < 4.78 is 12.5. The van der Waals surface area contributed by atoms with Gasteiger partial charge < -0.3 is 14.8 Å². The molecule has 0 saturated carbocycles. The molecule has 0 radical (unpaired) electrons. The first kappa shape index (κ1) is 17.8. The van der Waals surface area contributed by atoms with Crippen LogP contribution in [-0.2, 0) is 11.3 Å². The summed E-state index contributed by atoms with van der Waals surface area (Å²) in [6, 6.07) is 7.38. The standard InChI is InChI=1S/C18H25N3O3/c1-12-10-13(2)21(20-12)9-8-18(22)19-14(3)16-11-15(23-4)6-7-17(16)24-5/h6-7,10-11,14H,8-9H2,1-5H3,(H,19,22)/t14-/m1/s1. The van der Waals surface area contributed by atoms with Crippen molar-refractivity contribution in [1.82, 2.24) is 15.1 Å². The van der Waals surface area contributed by atoms with E-state index in [4.69, 9.17) is 9.47 Å². The topological polar surface area (TPSA) is 65.4 Å². The number of methoxy groups -OCH3 is 2. The van der Waals surface area contributed by atoms with Crippen LogP contribution in [0.25, 0.3) is 0 Å². The van der Waals surface area contributed by atoms with Crippen LogP contribution in [-0.4, -0.2) is 29.9 Å². The molecule has 0 aliphatic rings. The van der Waals surface area contributed by atoms with Crippen LogP contribution >= 0.6 is 0 Å². The van der Waals surface area contributed by atoms with Gasteiger partial charge in [0.05, 0.1) is 26.0 Å². The van der Waals surface area contributed by atoms with Crippen LogP contribution in [0.15, 0.2) is 24.3 Å². The summed E-state index contributed by atoms with van der Waals surface area (Å²) in [5, 5.41) is 7.37. The highest BCUT2D eigenvalue weighted by Crippen LogP contribution is 2.29. The van der Waals surface area contributed by atoms with Crippen molar-refractivity contribution in [2.75, 3.05) is 14.2 Å². The number of carbonyl (C=O) groups is 1. The first-order valence-corrected chi connectivity index (χ1v) is 7.97. The monoisotopic (exact) mass is 331 g/mol. The van der Waals surface area contributed by atoms with Crippen LogP contribution < -0.4 is 14.8 Å². The van der Waals surface area contributed by atoms with Crippen molar-refractivity contribution in [3.05, 3.63) is 41.2 Å². The molecule has 1 heterocycles. The maximum absolute atomic E-state index is 12.2. The van der Waals surface area contributed by atoms with Crippen LogP contribution in [0.4, 0.5) is 0 Å². The number of amides is 1. The Hall–Kier alpha value is -2.50. The third-order valence-electron chi connectivity index (χ3n) is 3.93. The Morgan fingerprint density at radius 2 is 2.00 bits per heavy atom. The maximum Gasteiger partial charge on any atom is 0.222 e. The van der Waals surface area contributed by atoms with E-state index in [9.17, 15) is 4.79 Å². The van der Waals surface area contributed by atoms with Gasteiger partial charge in [0, 0.05) is 24.2 Å². The molecule has 0 bridgehead atoms. The van der Waals surface area contributed by atoms with E-state index in [2.05, 4.69) is 10.4 Å². The second-order valence-corrected chi connectivity index (χ2v) is 5.80. The number of hydrogen-bond donors (Lipinski definition) is 1. The highest BCUT2D eigenvalue weighted by molar-refractivity contribution is 5.76. The Balaban J connectivity index is 1.99. The minimum atomic E-state index is -0.178. The molecule has 130 valence electrons. The number of aromatic nitrogens is 2. The molecule has 0 unspecified atom stereocenters. The van der Waals surface area contributed by atoms with E-state index in [1.807, 2.05) is 49.7 Å². The lowest BCUT2D eigenvalue weighted by Crippen LogP contribution is -2.28. The molecule has 0 aliphatic carbocycles. The molecule has 2 aromatic rings. The average Bonchev–Trinajstić information content (AvgIpc) is 2.89. The van der Waals surface area contributed by atoms with Crippen LogP contribution in [0.3, 0.4) is 0 Å². The van der Waals surface area contributed by atoms with Crippen molar-refractivity contribution < 1.29 is 14.3 Å². The fourth-order valence-electron chi connectivity index (χ4n) is 2.68. The number of ether oxygens (including phenoxy) is 2. The zero-order valence-electron chi connectivity index (χ0n) is 14.9. The van der Waals surface area contributed by atoms with Gasteiger partial charge in [-0.15, -0.1) is 0 Å².